The predicted molar refractivity (Wildman–Crippen MR) is 98.1 cm³/mol. The highest BCUT2D eigenvalue weighted by molar-refractivity contribution is 5.86. The topological polar surface area (TPSA) is 41.1 Å². The van der Waals surface area contributed by atoms with Crippen molar-refractivity contribution in [3.63, 3.8) is 0 Å². The first-order chi connectivity index (χ1) is 10.7. The van der Waals surface area contributed by atoms with Gasteiger partial charge in [0.25, 0.3) is 0 Å². The van der Waals surface area contributed by atoms with Crippen LogP contribution < -0.4 is 10.6 Å². The Labute approximate surface area is 144 Å². The van der Waals surface area contributed by atoms with Gasteiger partial charge in [-0.2, -0.15) is 0 Å². The number of fused-ring (bicyclic) bond motifs is 1. The van der Waals surface area contributed by atoms with Crippen LogP contribution in [0.2, 0.25) is 0 Å². The maximum absolute atomic E-state index is 12.3. The van der Waals surface area contributed by atoms with Gasteiger partial charge < -0.3 is 10.6 Å². The van der Waals surface area contributed by atoms with Crippen LogP contribution in [0, 0.1) is 5.92 Å². The molecular formula is C19H25ClN2O. The Morgan fingerprint density at radius 2 is 2.04 bits per heavy atom. The Morgan fingerprint density at radius 1 is 1.26 bits per heavy atom. The third kappa shape index (κ3) is 4.69. The van der Waals surface area contributed by atoms with Gasteiger partial charge in [0.05, 0.1) is 6.42 Å². The molecular weight excluding hydrogens is 308 g/mol. The lowest BCUT2D eigenvalue weighted by molar-refractivity contribution is -0.121. The number of halogens is 1. The molecule has 0 radical (unpaired) electrons. The lowest BCUT2D eigenvalue weighted by Crippen LogP contribution is -2.45. The molecule has 3 nitrogen and oxygen atoms in total. The molecule has 0 bridgehead atoms. The fraction of sp³-hybridized carbons (Fsp3) is 0.421. The quantitative estimate of drug-likeness (QED) is 0.902. The molecule has 1 saturated heterocycles. The second-order valence-electron chi connectivity index (χ2n) is 6.32. The lowest BCUT2D eigenvalue weighted by Gasteiger charge is -2.29. The first-order valence-corrected chi connectivity index (χ1v) is 8.20. The summed E-state index contributed by atoms with van der Waals surface area (Å²) in [7, 11) is 0. The van der Waals surface area contributed by atoms with E-state index in [-0.39, 0.29) is 24.4 Å². The molecule has 2 aromatic rings. The van der Waals surface area contributed by atoms with E-state index in [0.29, 0.717) is 12.3 Å². The molecule has 1 heterocycles. The lowest BCUT2D eigenvalue weighted by atomic mass is 9.92. The van der Waals surface area contributed by atoms with E-state index in [1.54, 1.807) is 0 Å². The molecule has 23 heavy (non-hydrogen) atoms. The third-order valence-corrected chi connectivity index (χ3v) is 4.61. The number of benzene rings is 2. The van der Waals surface area contributed by atoms with Gasteiger partial charge in [0.15, 0.2) is 0 Å². The zero-order valence-corrected chi connectivity index (χ0v) is 14.4. The maximum Gasteiger partial charge on any atom is 0.224 e. The summed E-state index contributed by atoms with van der Waals surface area (Å²) in [5.74, 6) is 0.669. The van der Waals surface area contributed by atoms with Crippen LogP contribution in [0.3, 0.4) is 0 Å². The number of hydrogen-bond donors (Lipinski definition) is 2. The Balaban J connectivity index is 0.00000192. The van der Waals surface area contributed by atoms with Crippen molar-refractivity contribution in [1.82, 2.24) is 10.6 Å². The zero-order chi connectivity index (χ0) is 15.4. The summed E-state index contributed by atoms with van der Waals surface area (Å²) in [5.41, 5.74) is 1.07. The summed E-state index contributed by atoms with van der Waals surface area (Å²) in [6.45, 7) is 4.24. The van der Waals surface area contributed by atoms with Crippen molar-refractivity contribution in [2.75, 3.05) is 13.1 Å². The van der Waals surface area contributed by atoms with E-state index in [0.717, 1.165) is 18.7 Å². The zero-order valence-electron chi connectivity index (χ0n) is 13.5. The van der Waals surface area contributed by atoms with Crippen LogP contribution in [-0.4, -0.2) is 25.0 Å². The average Bonchev–Trinajstić information content (AvgIpc) is 2.55. The van der Waals surface area contributed by atoms with Gasteiger partial charge in [0, 0.05) is 6.04 Å². The second kappa shape index (κ2) is 8.32. The van der Waals surface area contributed by atoms with Gasteiger partial charge in [0.2, 0.25) is 5.91 Å². The summed E-state index contributed by atoms with van der Waals surface area (Å²) in [4.78, 5) is 12.3. The number of rotatable bonds is 4. The van der Waals surface area contributed by atoms with Crippen LogP contribution >= 0.6 is 12.4 Å². The van der Waals surface area contributed by atoms with Gasteiger partial charge in [0.1, 0.15) is 0 Å². The predicted octanol–water partition coefficient (Wildman–Crippen LogP) is 3.31. The van der Waals surface area contributed by atoms with Crippen molar-refractivity contribution in [2.24, 2.45) is 5.92 Å². The SMILES string of the molecule is CC(NC(=O)Cc1ccc2ccccc2c1)C1CCCNC1.Cl. The average molecular weight is 333 g/mol. The highest BCUT2D eigenvalue weighted by atomic mass is 35.5. The number of piperidine rings is 1. The van der Waals surface area contributed by atoms with Crippen LogP contribution in [0.1, 0.15) is 25.3 Å². The van der Waals surface area contributed by atoms with Gasteiger partial charge >= 0.3 is 0 Å². The summed E-state index contributed by atoms with van der Waals surface area (Å²) >= 11 is 0. The monoisotopic (exact) mass is 332 g/mol. The number of nitrogens with one attached hydrogen (secondary N) is 2. The smallest absolute Gasteiger partial charge is 0.224 e. The van der Waals surface area contributed by atoms with Crippen molar-refractivity contribution < 1.29 is 4.79 Å². The number of carbonyl (C=O) groups is 1. The second-order valence-corrected chi connectivity index (χ2v) is 6.32. The van der Waals surface area contributed by atoms with E-state index in [9.17, 15) is 4.79 Å². The molecule has 2 unspecified atom stereocenters. The molecule has 2 atom stereocenters. The largest absolute Gasteiger partial charge is 0.353 e. The number of hydrogen-bond acceptors (Lipinski definition) is 2. The van der Waals surface area contributed by atoms with Gasteiger partial charge in [-0.15, -0.1) is 12.4 Å². The molecule has 124 valence electrons. The molecule has 0 saturated carbocycles. The Hall–Kier alpha value is -1.58. The highest BCUT2D eigenvalue weighted by Crippen LogP contribution is 2.17. The van der Waals surface area contributed by atoms with Gasteiger partial charge in [-0.3, -0.25) is 4.79 Å². The minimum absolute atomic E-state index is 0. The maximum atomic E-state index is 12.3. The standard InChI is InChI=1S/C19H24N2O.ClH/c1-14(18-7-4-10-20-13-18)21-19(22)12-15-8-9-16-5-2-3-6-17(16)11-15;/h2-3,5-6,8-9,11,14,18,20H,4,7,10,12-13H2,1H3,(H,21,22);1H. The van der Waals surface area contributed by atoms with Gasteiger partial charge in [-0.1, -0.05) is 42.5 Å². The van der Waals surface area contributed by atoms with E-state index < -0.39 is 0 Å². The Bertz CT molecular complexity index is 653. The van der Waals surface area contributed by atoms with E-state index in [4.69, 9.17) is 0 Å². The normalized spacial score (nSPS) is 18.9. The fourth-order valence-electron chi connectivity index (χ4n) is 3.26. The van der Waals surface area contributed by atoms with E-state index in [2.05, 4.69) is 47.9 Å². The molecule has 1 amide bonds. The third-order valence-electron chi connectivity index (χ3n) is 4.61. The summed E-state index contributed by atoms with van der Waals surface area (Å²) in [5, 5.41) is 8.98. The minimum atomic E-state index is 0. The number of amides is 1. The number of carbonyl (C=O) groups excluding carboxylic acids is 1. The van der Waals surface area contributed by atoms with Crippen molar-refractivity contribution in [1.29, 1.82) is 0 Å². The van der Waals surface area contributed by atoms with E-state index in [1.807, 2.05) is 12.1 Å². The highest BCUT2D eigenvalue weighted by Gasteiger charge is 2.21. The molecule has 0 spiro atoms. The Morgan fingerprint density at radius 3 is 2.78 bits per heavy atom. The van der Waals surface area contributed by atoms with Crippen LogP contribution in [0.15, 0.2) is 42.5 Å². The van der Waals surface area contributed by atoms with Gasteiger partial charge in [-0.05, 0) is 55.1 Å². The first-order valence-electron chi connectivity index (χ1n) is 8.20. The van der Waals surface area contributed by atoms with Crippen LogP contribution in [0.4, 0.5) is 0 Å². The van der Waals surface area contributed by atoms with Crippen LogP contribution in [0.5, 0.6) is 0 Å². The molecule has 1 aliphatic heterocycles. The van der Waals surface area contributed by atoms with Gasteiger partial charge in [-0.25, -0.2) is 0 Å². The summed E-state index contributed by atoms with van der Waals surface area (Å²) in [6.07, 6.45) is 2.86. The van der Waals surface area contributed by atoms with Crippen LogP contribution in [0.25, 0.3) is 10.8 Å². The molecule has 4 heteroatoms. The molecule has 1 fully saturated rings. The van der Waals surface area contributed by atoms with E-state index >= 15 is 0 Å². The summed E-state index contributed by atoms with van der Waals surface area (Å²) < 4.78 is 0. The van der Waals surface area contributed by atoms with Crippen molar-refractivity contribution in [3.05, 3.63) is 48.0 Å². The minimum Gasteiger partial charge on any atom is -0.353 e. The van der Waals surface area contributed by atoms with Crippen molar-refractivity contribution in [3.8, 4) is 0 Å². The molecule has 1 aliphatic rings. The van der Waals surface area contributed by atoms with E-state index in [1.165, 1.54) is 23.6 Å². The van der Waals surface area contributed by atoms with Crippen molar-refractivity contribution in [2.45, 2.75) is 32.2 Å². The molecule has 0 aliphatic carbocycles. The molecule has 2 N–H and O–H groups in total. The fourth-order valence-corrected chi connectivity index (χ4v) is 3.26. The van der Waals surface area contributed by atoms with Crippen molar-refractivity contribution >= 4 is 29.1 Å². The molecule has 3 rings (SSSR count). The summed E-state index contributed by atoms with van der Waals surface area (Å²) in [6, 6.07) is 14.7. The first kappa shape index (κ1) is 17.8. The molecule has 2 aromatic carbocycles. The Kier molecular flexibility index (Phi) is 6.43. The molecule has 0 aromatic heterocycles. The van der Waals surface area contributed by atoms with Crippen LogP contribution in [-0.2, 0) is 11.2 Å².